The zero-order valence-electron chi connectivity index (χ0n) is 19.3. The number of pyridine rings is 1. The summed E-state index contributed by atoms with van der Waals surface area (Å²) < 4.78 is 7.68. The van der Waals surface area contributed by atoms with Crippen molar-refractivity contribution in [1.82, 2.24) is 24.7 Å². The van der Waals surface area contributed by atoms with Crippen molar-refractivity contribution in [3.8, 4) is 22.4 Å². The quantitative estimate of drug-likeness (QED) is 0.382. The van der Waals surface area contributed by atoms with Gasteiger partial charge in [0.15, 0.2) is 5.65 Å². The lowest BCUT2D eigenvalue weighted by Gasteiger charge is -2.18. The van der Waals surface area contributed by atoms with Crippen LogP contribution in [0, 0.1) is 0 Å². The maximum Gasteiger partial charge on any atom is 0.343 e. The van der Waals surface area contributed by atoms with E-state index in [-0.39, 0.29) is 5.82 Å². The van der Waals surface area contributed by atoms with Crippen molar-refractivity contribution in [2.45, 2.75) is 13.0 Å². The van der Waals surface area contributed by atoms with Crippen LogP contribution in [0.5, 0.6) is 0 Å². The Labute approximate surface area is 205 Å². The van der Waals surface area contributed by atoms with Crippen LogP contribution in [0.15, 0.2) is 88.6 Å². The van der Waals surface area contributed by atoms with Crippen LogP contribution in [0.4, 0.5) is 11.5 Å². The smallest absolute Gasteiger partial charge is 0.343 e. The first kappa shape index (κ1) is 21.5. The monoisotopic (exact) mass is 475 g/mol. The highest BCUT2D eigenvalue weighted by Crippen LogP contribution is 2.38. The first-order valence-corrected chi connectivity index (χ1v) is 11.3. The number of nitrogen functional groups attached to an aromatic ring is 2. The lowest BCUT2D eigenvalue weighted by atomic mass is 9.96. The molecule has 6 aromatic rings. The van der Waals surface area contributed by atoms with Crippen molar-refractivity contribution in [3.63, 3.8) is 0 Å². The zero-order chi connectivity index (χ0) is 24.8. The minimum atomic E-state index is -0.517. The number of aromatic nitrogens is 5. The van der Waals surface area contributed by atoms with Crippen molar-refractivity contribution in [2.24, 2.45) is 0 Å². The molecule has 6 rings (SSSR count). The summed E-state index contributed by atoms with van der Waals surface area (Å²) in [4.78, 5) is 25.9. The van der Waals surface area contributed by atoms with E-state index in [1.54, 1.807) is 29.2 Å². The van der Waals surface area contributed by atoms with Crippen LogP contribution < -0.4 is 17.1 Å². The number of hydrogen-bond donors (Lipinski definition) is 2. The third kappa shape index (κ3) is 3.37. The van der Waals surface area contributed by atoms with E-state index in [4.69, 9.17) is 21.0 Å². The minimum Gasteiger partial charge on any atom is -0.424 e. The summed E-state index contributed by atoms with van der Waals surface area (Å²) in [5.74, 6) is 0.739. The van der Waals surface area contributed by atoms with Gasteiger partial charge in [-0.3, -0.25) is 4.98 Å². The van der Waals surface area contributed by atoms with Gasteiger partial charge >= 0.3 is 5.63 Å². The van der Waals surface area contributed by atoms with E-state index in [0.29, 0.717) is 39.1 Å². The highest BCUT2D eigenvalue weighted by atomic mass is 16.4. The third-order valence-corrected chi connectivity index (χ3v) is 6.23. The molecule has 0 spiro atoms. The fraction of sp³-hybridized carbons (Fsp3) is 0.0741. The van der Waals surface area contributed by atoms with Gasteiger partial charge in [0, 0.05) is 28.9 Å². The van der Waals surface area contributed by atoms with Crippen LogP contribution in [0.3, 0.4) is 0 Å². The number of fused-ring (bicyclic) bond motifs is 2. The maximum absolute atomic E-state index is 13.0. The molecule has 4 N–H and O–H groups in total. The van der Waals surface area contributed by atoms with Gasteiger partial charge in [-0.25, -0.2) is 19.4 Å². The zero-order valence-corrected chi connectivity index (χ0v) is 19.3. The van der Waals surface area contributed by atoms with Gasteiger partial charge in [0.2, 0.25) is 0 Å². The van der Waals surface area contributed by atoms with Crippen LogP contribution in [-0.2, 0) is 0 Å². The standard InChI is InChI=1S/C27H21N7O2/c1-15(24-21(16-7-3-2-4-8-16)19-9-5-6-10-20(19)27(35)36-24)34-26-22(25(29)31-14-32-26)23(33-34)17-11-18(28)13-30-12-17/h2-15H,28H2,1H3,(H2,29,31,32). The van der Waals surface area contributed by atoms with Gasteiger partial charge in [-0.2, -0.15) is 5.10 Å². The second kappa shape index (κ2) is 8.31. The summed E-state index contributed by atoms with van der Waals surface area (Å²) in [6.45, 7) is 1.91. The number of nitrogens with zero attached hydrogens (tertiary/aromatic N) is 5. The molecule has 1 atom stereocenters. The third-order valence-electron chi connectivity index (χ3n) is 6.23. The van der Waals surface area contributed by atoms with Crippen LogP contribution in [0.1, 0.15) is 18.7 Å². The first-order chi connectivity index (χ1) is 17.5. The summed E-state index contributed by atoms with van der Waals surface area (Å²) in [6.07, 6.45) is 4.60. The molecule has 0 saturated heterocycles. The summed E-state index contributed by atoms with van der Waals surface area (Å²) in [7, 11) is 0. The molecule has 4 aromatic heterocycles. The molecule has 9 heteroatoms. The van der Waals surface area contributed by atoms with Crippen molar-refractivity contribution < 1.29 is 4.42 Å². The van der Waals surface area contributed by atoms with Crippen molar-refractivity contribution in [1.29, 1.82) is 0 Å². The van der Waals surface area contributed by atoms with Gasteiger partial charge < -0.3 is 15.9 Å². The summed E-state index contributed by atoms with van der Waals surface area (Å²) in [5, 5.41) is 6.74. The fourth-order valence-corrected chi connectivity index (χ4v) is 4.58. The van der Waals surface area contributed by atoms with Crippen molar-refractivity contribution in [3.05, 3.63) is 95.6 Å². The fourth-order valence-electron chi connectivity index (χ4n) is 4.58. The molecule has 4 heterocycles. The van der Waals surface area contributed by atoms with Crippen LogP contribution in [0.25, 0.3) is 44.2 Å². The number of hydrogen-bond acceptors (Lipinski definition) is 8. The Bertz CT molecular complexity index is 1810. The minimum absolute atomic E-state index is 0.277. The Balaban J connectivity index is 1.65. The van der Waals surface area contributed by atoms with Gasteiger partial charge in [-0.05, 0) is 24.6 Å². The molecule has 2 aromatic carbocycles. The number of benzene rings is 2. The summed E-state index contributed by atoms with van der Waals surface area (Å²) >= 11 is 0. The van der Waals surface area contributed by atoms with Gasteiger partial charge in [-0.1, -0.05) is 48.5 Å². The predicted molar refractivity (Wildman–Crippen MR) is 139 cm³/mol. The van der Waals surface area contributed by atoms with E-state index in [1.165, 1.54) is 6.33 Å². The lowest BCUT2D eigenvalue weighted by molar-refractivity contribution is 0.405. The maximum atomic E-state index is 13.0. The molecule has 176 valence electrons. The van der Waals surface area contributed by atoms with Crippen molar-refractivity contribution >= 4 is 33.3 Å². The Morgan fingerprint density at radius 1 is 0.917 bits per heavy atom. The van der Waals surface area contributed by atoms with Crippen LogP contribution >= 0.6 is 0 Å². The molecular formula is C27H21N7O2. The molecule has 0 aliphatic carbocycles. The number of anilines is 2. The molecular weight excluding hydrogens is 454 g/mol. The van der Waals surface area contributed by atoms with Gasteiger partial charge in [0.25, 0.3) is 0 Å². The summed E-state index contributed by atoms with van der Waals surface area (Å²) in [5.41, 5.74) is 15.8. The van der Waals surface area contributed by atoms with E-state index in [1.807, 2.05) is 55.5 Å². The molecule has 9 nitrogen and oxygen atoms in total. The normalized spacial score (nSPS) is 12.2. The van der Waals surface area contributed by atoms with E-state index in [0.717, 1.165) is 16.5 Å². The Hall–Kier alpha value is -5.05. The molecule has 0 fully saturated rings. The molecule has 36 heavy (non-hydrogen) atoms. The molecule has 0 saturated carbocycles. The molecule has 0 amide bonds. The average molecular weight is 476 g/mol. The molecule has 0 radical (unpaired) electrons. The highest BCUT2D eigenvalue weighted by molar-refractivity contribution is 5.99. The molecule has 0 aliphatic heterocycles. The van der Waals surface area contributed by atoms with Gasteiger partial charge in [0.05, 0.1) is 16.5 Å². The number of nitrogens with two attached hydrogens (primary N) is 2. The SMILES string of the molecule is CC(c1oc(=O)c2ccccc2c1-c1ccccc1)n1nc(-c2cncc(N)c2)c2c(N)ncnc21. The second-order valence-corrected chi connectivity index (χ2v) is 8.47. The van der Waals surface area contributed by atoms with E-state index >= 15 is 0 Å². The van der Waals surface area contributed by atoms with E-state index in [9.17, 15) is 4.79 Å². The van der Waals surface area contributed by atoms with Crippen molar-refractivity contribution in [2.75, 3.05) is 11.5 Å². The average Bonchev–Trinajstić information content (AvgIpc) is 3.30. The van der Waals surface area contributed by atoms with Crippen LogP contribution in [-0.4, -0.2) is 24.7 Å². The second-order valence-electron chi connectivity index (χ2n) is 8.47. The van der Waals surface area contributed by atoms with E-state index < -0.39 is 11.7 Å². The van der Waals surface area contributed by atoms with E-state index in [2.05, 4.69) is 15.0 Å². The molecule has 0 aliphatic rings. The Kier molecular flexibility index (Phi) is 4.96. The highest BCUT2D eigenvalue weighted by Gasteiger charge is 2.26. The van der Waals surface area contributed by atoms with Crippen LogP contribution in [0.2, 0.25) is 0 Å². The number of rotatable bonds is 4. The Morgan fingerprint density at radius 2 is 1.67 bits per heavy atom. The first-order valence-electron chi connectivity index (χ1n) is 11.3. The molecule has 0 bridgehead atoms. The largest absolute Gasteiger partial charge is 0.424 e. The Morgan fingerprint density at radius 3 is 2.44 bits per heavy atom. The molecule has 1 unspecified atom stereocenters. The summed E-state index contributed by atoms with van der Waals surface area (Å²) in [6, 6.07) is 18.5. The lowest BCUT2D eigenvalue weighted by Crippen LogP contribution is -2.14. The predicted octanol–water partition coefficient (Wildman–Crippen LogP) is 4.44. The van der Waals surface area contributed by atoms with Gasteiger partial charge in [-0.15, -0.1) is 0 Å². The van der Waals surface area contributed by atoms with Gasteiger partial charge in [0.1, 0.15) is 29.6 Å². The topological polar surface area (TPSA) is 139 Å².